The quantitative estimate of drug-likeness (QED) is 0.882. The summed E-state index contributed by atoms with van der Waals surface area (Å²) in [6, 6.07) is 6.02. The van der Waals surface area contributed by atoms with Gasteiger partial charge in [-0.1, -0.05) is 12.1 Å². The SMILES string of the molecule is O=C(CCc1nccs1)NC(c1ccc(F)cc1)C1CCCO1. The molecule has 2 aromatic rings. The molecule has 2 atom stereocenters. The largest absolute Gasteiger partial charge is 0.376 e. The van der Waals surface area contributed by atoms with E-state index in [4.69, 9.17) is 4.74 Å². The monoisotopic (exact) mass is 334 g/mol. The summed E-state index contributed by atoms with van der Waals surface area (Å²) < 4.78 is 18.9. The van der Waals surface area contributed by atoms with Crippen molar-refractivity contribution in [2.24, 2.45) is 0 Å². The van der Waals surface area contributed by atoms with Gasteiger partial charge in [0.05, 0.1) is 17.2 Å². The number of ether oxygens (including phenoxy) is 1. The zero-order valence-corrected chi connectivity index (χ0v) is 13.5. The van der Waals surface area contributed by atoms with Crippen molar-refractivity contribution in [1.82, 2.24) is 10.3 Å². The van der Waals surface area contributed by atoms with Gasteiger partial charge in [-0.2, -0.15) is 0 Å². The molecule has 0 bridgehead atoms. The fourth-order valence-corrected chi connectivity index (χ4v) is 3.39. The lowest BCUT2D eigenvalue weighted by Crippen LogP contribution is -2.36. The minimum absolute atomic E-state index is 0.0370. The van der Waals surface area contributed by atoms with Crippen molar-refractivity contribution in [3.8, 4) is 0 Å². The Morgan fingerprint density at radius 1 is 1.43 bits per heavy atom. The van der Waals surface area contributed by atoms with E-state index >= 15 is 0 Å². The maximum Gasteiger partial charge on any atom is 0.220 e. The average molecular weight is 334 g/mol. The molecule has 4 nitrogen and oxygen atoms in total. The number of thiazole rings is 1. The molecule has 23 heavy (non-hydrogen) atoms. The van der Waals surface area contributed by atoms with Crippen LogP contribution in [0, 0.1) is 5.82 Å². The summed E-state index contributed by atoms with van der Waals surface area (Å²) in [6.07, 6.45) is 4.59. The van der Waals surface area contributed by atoms with Crippen molar-refractivity contribution in [3.05, 3.63) is 52.2 Å². The number of nitrogens with zero attached hydrogens (tertiary/aromatic N) is 1. The van der Waals surface area contributed by atoms with Crippen LogP contribution in [0.5, 0.6) is 0 Å². The number of nitrogens with one attached hydrogen (secondary N) is 1. The van der Waals surface area contributed by atoms with Crippen molar-refractivity contribution >= 4 is 17.2 Å². The minimum Gasteiger partial charge on any atom is -0.376 e. The molecule has 0 radical (unpaired) electrons. The second-order valence-corrected chi connectivity index (χ2v) is 6.55. The van der Waals surface area contributed by atoms with Gasteiger partial charge in [0.15, 0.2) is 0 Å². The first-order valence-electron chi connectivity index (χ1n) is 7.77. The molecule has 1 N–H and O–H groups in total. The molecule has 1 aliphatic heterocycles. The van der Waals surface area contributed by atoms with Crippen molar-refractivity contribution in [2.75, 3.05) is 6.61 Å². The predicted molar refractivity (Wildman–Crippen MR) is 86.7 cm³/mol. The second-order valence-electron chi connectivity index (χ2n) is 5.57. The van der Waals surface area contributed by atoms with Crippen LogP contribution in [0.3, 0.4) is 0 Å². The van der Waals surface area contributed by atoms with Crippen LogP contribution in [0.4, 0.5) is 4.39 Å². The zero-order valence-electron chi connectivity index (χ0n) is 12.7. The number of carbonyl (C=O) groups is 1. The standard InChI is InChI=1S/C17H19FN2O2S/c18-13-5-3-12(4-6-13)17(14-2-1-10-22-14)20-15(21)7-8-16-19-9-11-23-16/h3-6,9,11,14,17H,1-2,7-8,10H2,(H,20,21). The number of benzene rings is 1. The number of carbonyl (C=O) groups excluding carboxylic acids is 1. The lowest BCUT2D eigenvalue weighted by atomic mass is 9.99. The molecule has 1 aromatic carbocycles. The van der Waals surface area contributed by atoms with Gasteiger partial charge in [-0.25, -0.2) is 9.37 Å². The minimum atomic E-state index is -0.282. The Labute approximate surface area is 138 Å². The summed E-state index contributed by atoms with van der Waals surface area (Å²) >= 11 is 1.55. The average Bonchev–Trinajstić information content (AvgIpc) is 3.25. The zero-order chi connectivity index (χ0) is 16.1. The van der Waals surface area contributed by atoms with Crippen molar-refractivity contribution in [2.45, 2.75) is 37.8 Å². The van der Waals surface area contributed by atoms with Gasteiger partial charge in [0.25, 0.3) is 0 Å². The Kier molecular flexibility index (Phi) is 5.35. The summed E-state index contributed by atoms with van der Waals surface area (Å²) in [5.74, 6) is -0.319. The van der Waals surface area contributed by atoms with Crippen molar-refractivity contribution in [3.63, 3.8) is 0 Å². The highest BCUT2D eigenvalue weighted by atomic mass is 32.1. The van der Waals surface area contributed by atoms with Gasteiger partial charge < -0.3 is 10.1 Å². The van der Waals surface area contributed by atoms with E-state index in [2.05, 4.69) is 10.3 Å². The highest BCUT2D eigenvalue weighted by Gasteiger charge is 2.28. The van der Waals surface area contributed by atoms with Gasteiger partial charge in [0, 0.05) is 31.0 Å². The molecule has 0 aliphatic carbocycles. The van der Waals surface area contributed by atoms with Crippen LogP contribution in [0.15, 0.2) is 35.8 Å². The van der Waals surface area contributed by atoms with E-state index in [1.54, 1.807) is 29.7 Å². The maximum atomic E-state index is 13.1. The maximum absolute atomic E-state index is 13.1. The van der Waals surface area contributed by atoms with E-state index in [1.807, 2.05) is 5.38 Å². The first-order chi connectivity index (χ1) is 11.2. The van der Waals surface area contributed by atoms with Crippen LogP contribution in [0.25, 0.3) is 0 Å². The van der Waals surface area contributed by atoms with Crippen LogP contribution >= 0.6 is 11.3 Å². The molecule has 2 heterocycles. The lowest BCUT2D eigenvalue weighted by Gasteiger charge is -2.24. The number of amides is 1. The molecule has 0 spiro atoms. The Morgan fingerprint density at radius 2 is 2.26 bits per heavy atom. The lowest BCUT2D eigenvalue weighted by molar-refractivity contribution is -0.122. The molecule has 3 rings (SSSR count). The predicted octanol–water partition coefficient (Wildman–Crippen LogP) is 3.25. The molecule has 122 valence electrons. The van der Waals surface area contributed by atoms with Gasteiger partial charge >= 0.3 is 0 Å². The molecule has 2 unspecified atom stereocenters. The first kappa shape index (κ1) is 16.1. The van der Waals surface area contributed by atoms with Crippen molar-refractivity contribution in [1.29, 1.82) is 0 Å². The van der Waals surface area contributed by atoms with Gasteiger partial charge in [0.1, 0.15) is 5.82 Å². The topological polar surface area (TPSA) is 51.2 Å². The fourth-order valence-electron chi connectivity index (χ4n) is 2.77. The Balaban J connectivity index is 1.65. The summed E-state index contributed by atoms with van der Waals surface area (Å²) in [5, 5.41) is 5.91. The van der Waals surface area contributed by atoms with Crippen LogP contribution in [0.1, 0.15) is 35.9 Å². The summed E-state index contributed by atoms with van der Waals surface area (Å²) in [5.41, 5.74) is 0.876. The summed E-state index contributed by atoms with van der Waals surface area (Å²) in [4.78, 5) is 16.5. The van der Waals surface area contributed by atoms with E-state index in [0.29, 0.717) is 19.4 Å². The highest BCUT2D eigenvalue weighted by molar-refractivity contribution is 7.09. The van der Waals surface area contributed by atoms with Gasteiger partial charge in [-0.3, -0.25) is 4.79 Å². The third kappa shape index (κ3) is 4.36. The second kappa shape index (κ2) is 7.66. The molecular formula is C17H19FN2O2S. The molecule has 6 heteroatoms. The van der Waals surface area contributed by atoms with Crippen LogP contribution in [-0.4, -0.2) is 23.6 Å². The molecule has 1 aromatic heterocycles. The third-order valence-corrected chi connectivity index (χ3v) is 4.77. The van der Waals surface area contributed by atoms with Gasteiger partial charge in [-0.05, 0) is 30.5 Å². The molecule has 0 saturated carbocycles. The summed E-state index contributed by atoms with van der Waals surface area (Å²) in [7, 11) is 0. The third-order valence-electron chi connectivity index (χ3n) is 3.93. The number of halogens is 1. The number of hydrogen-bond acceptors (Lipinski definition) is 4. The first-order valence-corrected chi connectivity index (χ1v) is 8.65. The highest BCUT2D eigenvalue weighted by Crippen LogP contribution is 2.27. The number of rotatable bonds is 6. The fraction of sp³-hybridized carbons (Fsp3) is 0.412. The van der Waals surface area contributed by atoms with Gasteiger partial charge in [0.2, 0.25) is 5.91 Å². The Bertz CT molecular complexity index is 625. The molecule has 1 saturated heterocycles. The Morgan fingerprint density at radius 3 is 2.91 bits per heavy atom. The normalized spacial score (nSPS) is 18.7. The molecule has 1 aliphatic rings. The summed E-state index contributed by atoms with van der Waals surface area (Å²) in [6.45, 7) is 0.706. The van der Waals surface area contributed by atoms with E-state index in [1.165, 1.54) is 12.1 Å². The van der Waals surface area contributed by atoms with E-state index in [9.17, 15) is 9.18 Å². The van der Waals surface area contributed by atoms with E-state index < -0.39 is 0 Å². The molecule has 1 amide bonds. The molecule has 1 fully saturated rings. The van der Waals surface area contributed by atoms with Gasteiger partial charge in [-0.15, -0.1) is 11.3 Å². The van der Waals surface area contributed by atoms with Crippen molar-refractivity contribution < 1.29 is 13.9 Å². The number of hydrogen-bond donors (Lipinski definition) is 1. The molecular weight excluding hydrogens is 315 g/mol. The number of aromatic nitrogens is 1. The van der Waals surface area contributed by atoms with E-state index in [-0.39, 0.29) is 23.9 Å². The van der Waals surface area contributed by atoms with Crippen LogP contribution in [0.2, 0.25) is 0 Å². The van der Waals surface area contributed by atoms with E-state index in [0.717, 1.165) is 23.4 Å². The smallest absolute Gasteiger partial charge is 0.220 e. The Hall–Kier alpha value is -1.79. The van der Waals surface area contributed by atoms with Crippen LogP contribution in [-0.2, 0) is 16.0 Å². The van der Waals surface area contributed by atoms with Crippen LogP contribution < -0.4 is 5.32 Å². The number of aryl methyl sites for hydroxylation is 1.